The molecule has 1 aromatic heterocycles. The minimum absolute atomic E-state index is 0.0893. The Balaban J connectivity index is 1.02. The lowest BCUT2D eigenvalue weighted by atomic mass is 9.63. The molecular formula is C56H48N2O. The summed E-state index contributed by atoms with van der Waals surface area (Å²) in [6.07, 6.45) is 2.35. The van der Waals surface area contributed by atoms with Crippen LogP contribution in [-0.2, 0) is 10.8 Å². The Bertz CT molecular complexity index is 2920. The third-order valence-corrected chi connectivity index (χ3v) is 12.5. The van der Waals surface area contributed by atoms with Gasteiger partial charge in [-0.05, 0) is 136 Å². The van der Waals surface area contributed by atoms with E-state index in [4.69, 9.17) is 4.42 Å². The van der Waals surface area contributed by atoms with Crippen LogP contribution < -0.4 is 9.80 Å². The number of hydrogen-bond acceptors (Lipinski definition) is 3. The SMILES string of the molecule is CC1(C)CCC(C)(C)c2cc(N(c3ccc(-c4ccc(N(c5ccccc5)c5cccc(-c6ccccc6)c5)cc4)cc3)c3ccc4c(c3)oc3ccccc34)ccc21. The fourth-order valence-electron chi connectivity index (χ4n) is 9.10. The van der Waals surface area contributed by atoms with E-state index in [9.17, 15) is 0 Å². The molecule has 0 bridgehead atoms. The summed E-state index contributed by atoms with van der Waals surface area (Å²) in [5, 5.41) is 2.27. The van der Waals surface area contributed by atoms with Crippen molar-refractivity contribution in [1.29, 1.82) is 0 Å². The highest BCUT2D eigenvalue weighted by Crippen LogP contribution is 2.49. The topological polar surface area (TPSA) is 19.6 Å². The van der Waals surface area contributed by atoms with Crippen LogP contribution in [0.5, 0.6) is 0 Å². The minimum Gasteiger partial charge on any atom is -0.456 e. The van der Waals surface area contributed by atoms with E-state index in [0.717, 1.165) is 62.5 Å². The standard InChI is InChI=1S/C56H48N2O/c1-55(2)34-35-56(3,4)52-37-47(31-33-51(52)55)58(48-30-32-50-49-20-11-12-21-53(49)59-54(50)38-48)45-28-24-41(25-29-45)40-22-26-44(27-23-40)57(43-17-9-6-10-18-43)46-19-13-16-42(36-46)39-14-7-5-8-15-39/h5-33,36-38H,34-35H2,1-4H3. The normalized spacial score (nSPS) is 14.2. The molecule has 0 spiro atoms. The second-order valence-electron chi connectivity index (χ2n) is 17.3. The van der Waals surface area contributed by atoms with Crippen molar-refractivity contribution in [3.8, 4) is 22.3 Å². The van der Waals surface area contributed by atoms with E-state index in [2.05, 4.69) is 219 Å². The van der Waals surface area contributed by atoms with E-state index >= 15 is 0 Å². The number of para-hydroxylation sites is 2. The zero-order chi connectivity index (χ0) is 40.1. The summed E-state index contributed by atoms with van der Waals surface area (Å²) in [7, 11) is 0. The van der Waals surface area contributed by atoms with Crippen LogP contribution in [0.4, 0.5) is 34.1 Å². The molecule has 0 N–H and O–H groups in total. The third-order valence-electron chi connectivity index (χ3n) is 12.5. The molecule has 9 aromatic rings. The number of benzene rings is 8. The van der Waals surface area contributed by atoms with Gasteiger partial charge in [-0.2, -0.15) is 0 Å². The van der Waals surface area contributed by atoms with Crippen LogP contribution in [0.25, 0.3) is 44.2 Å². The Morgan fingerprint density at radius 3 is 1.49 bits per heavy atom. The molecule has 0 fully saturated rings. The highest BCUT2D eigenvalue weighted by Gasteiger charge is 2.37. The summed E-state index contributed by atoms with van der Waals surface area (Å²) in [5.74, 6) is 0. The van der Waals surface area contributed by atoms with Gasteiger partial charge in [0.05, 0.1) is 0 Å². The third kappa shape index (κ3) is 6.77. The van der Waals surface area contributed by atoms with Gasteiger partial charge in [0, 0.05) is 51.0 Å². The Hall–Kier alpha value is -6.84. The predicted octanol–water partition coefficient (Wildman–Crippen LogP) is 16.2. The summed E-state index contributed by atoms with van der Waals surface area (Å²) in [6.45, 7) is 9.58. The lowest BCUT2D eigenvalue weighted by Crippen LogP contribution is -2.34. The quantitative estimate of drug-likeness (QED) is 0.154. The molecule has 1 aliphatic rings. The first kappa shape index (κ1) is 36.5. The Morgan fingerprint density at radius 2 is 0.797 bits per heavy atom. The first-order chi connectivity index (χ1) is 28.7. The summed E-state index contributed by atoms with van der Waals surface area (Å²) in [5.41, 5.74) is 16.3. The van der Waals surface area contributed by atoms with Crippen molar-refractivity contribution in [1.82, 2.24) is 0 Å². The van der Waals surface area contributed by atoms with Crippen molar-refractivity contribution in [2.45, 2.75) is 51.4 Å². The van der Waals surface area contributed by atoms with Gasteiger partial charge in [0.2, 0.25) is 0 Å². The molecule has 0 amide bonds. The molecule has 0 unspecified atom stereocenters. The molecule has 1 aliphatic carbocycles. The molecule has 59 heavy (non-hydrogen) atoms. The number of anilines is 6. The summed E-state index contributed by atoms with van der Waals surface area (Å²) in [4.78, 5) is 4.72. The van der Waals surface area contributed by atoms with Crippen LogP contribution in [0.3, 0.4) is 0 Å². The van der Waals surface area contributed by atoms with Crippen LogP contribution in [0.15, 0.2) is 199 Å². The van der Waals surface area contributed by atoms with Crippen molar-refractivity contribution in [3.05, 3.63) is 205 Å². The second-order valence-corrected chi connectivity index (χ2v) is 17.3. The molecule has 0 saturated heterocycles. The van der Waals surface area contributed by atoms with Crippen LogP contribution in [-0.4, -0.2) is 0 Å². The van der Waals surface area contributed by atoms with Crippen LogP contribution >= 0.6 is 0 Å². The lowest BCUT2D eigenvalue weighted by Gasteiger charge is -2.42. The molecule has 0 saturated carbocycles. The maximum absolute atomic E-state index is 6.42. The van der Waals surface area contributed by atoms with E-state index in [0.29, 0.717) is 0 Å². The van der Waals surface area contributed by atoms with Gasteiger partial charge in [-0.15, -0.1) is 0 Å². The van der Waals surface area contributed by atoms with Crippen LogP contribution in [0, 0.1) is 0 Å². The summed E-state index contributed by atoms with van der Waals surface area (Å²) >= 11 is 0. The first-order valence-corrected chi connectivity index (χ1v) is 20.8. The lowest BCUT2D eigenvalue weighted by molar-refractivity contribution is 0.332. The van der Waals surface area contributed by atoms with E-state index < -0.39 is 0 Å². The Kier molecular flexibility index (Phi) is 8.98. The highest BCUT2D eigenvalue weighted by atomic mass is 16.3. The summed E-state index contributed by atoms with van der Waals surface area (Å²) < 4.78 is 6.42. The predicted molar refractivity (Wildman–Crippen MR) is 249 cm³/mol. The van der Waals surface area contributed by atoms with Gasteiger partial charge in [-0.1, -0.05) is 137 Å². The number of rotatable bonds is 8. The molecule has 0 aliphatic heterocycles. The van der Waals surface area contributed by atoms with Gasteiger partial charge in [-0.25, -0.2) is 0 Å². The van der Waals surface area contributed by atoms with Crippen LogP contribution in [0.1, 0.15) is 51.7 Å². The average molecular weight is 765 g/mol. The van der Waals surface area contributed by atoms with E-state index in [1.54, 1.807) is 0 Å². The van der Waals surface area contributed by atoms with E-state index in [1.165, 1.54) is 39.8 Å². The van der Waals surface area contributed by atoms with Crippen molar-refractivity contribution >= 4 is 56.1 Å². The highest BCUT2D eigenvalue weighted by molar-refractivity contribution is 6.06. The van der Waals surface area contributed by atoms with Crippen LogP contribution in [0.2, 0.25) is 0 Å². The maximum Gasteiger partial charge on any atom is 0.137 e. The Labute approximate surface area is 347 Å². The fourth-order valence-corrected chi connectivity index (χ4v) is 9.10. The number of hydrogen-bond donors (Lipinski definition) is 0. The molecule has 0 atom stereocenters. The molecule has 288 valence electrons. The largest absolute Gasteiger partial charge is 0.456 e. The molecule has 0 radical (unpaired) electrons. The van der Waals surface area contributed by atoms with Gasteiger partial charge >= 0.3 is 0 Å². The Morgan fingerprint density at radius 1 is 0.339 bits per heavy atom. The molecule has 10 rings (SSSR count). The fraction of sp³-hybridized carbons (Fsp3) is 0.143. The molecular weight excluding hydrogens is 717 g/mol. The zero-order valence-electron chi connectivity index (χ0n) is 34.2. The van der Waals surface area contributed by atoms with Gasteiger partial charge in [-0.3, -0.25) is 0 Å². The van der Waals surface area contributed by atoms with Gasteiger partial charge < -0.3 is 14.2 Å². The second kappa shape index (κ2) is 14.5. The first-order valence-electron chi connectivity index (χ1n) is 20.8. The van der Waals surface area contributed by atoms with Gasteiger partial charge in [0.15, 0.2) is 0 Å². The van der Waals surface area contributed by atoms with Crippen molar-refractivity contribution in [2.75, 3.05) is 9.80 Å². The summed E-state index contributed by atoms with van der Waals surface area (Å²) in [6, 6.07) is 70.0. The zero-order valence-corrected chi connectivity index (χ0v) is 34.2. The van der Waals surface area contributed by atoms with E-state index in [-0.39, 0.29) is 10.8 Å². The maximum atomic E-state index is 6.42. The van der Waals surface area contributed by atoms with Crippen molar-refractivity contribution in [3.63, 3.8) is 0 Å². The number of nitrogens with zero attached hydrogens (tertiary/aromatic N) is 2. The average Bonchev–Trinajstić information content (AvgIpc) is 3.65. The number of furan rings is 1. The molecule has 3 nitrogen and oxygen atoms in total. The molecule has 8 aromatic carbocycles. The van der Waals surface area contributed by atoms with Gasteiger partial charge in [0.1, 0.15) is 11.2 Å². The van der Waals surface area contributed by atoms with E-state index in [1.807, 2.05) is 12.1 Å². The van der Waals surface area contributed by atoms with Crippen molar-refractivity contribution < 1.29 is 4.42 Å². The van der Waals surface area contributed by atoms with Crippen molar-refractivity contribution in [2.24, 2.45) is 0 Å². The monoisotopic (exact) mass is 764 g/mol. The minimum atomic E-state index is 0.0893. The molecule has 1 heterocycles. The smallest absolute Gasteiger partial charge is 0.137 e. The molecule has 3 heteroatoms. The van der Waals surface area contributed by atoms with Gasteiger partial charge in [0.25, 0.3) is 0 Å². The number of fused-ring (bicyclic) bond motifs is 4.